The lowest BCUT2D eigenvalue weighted by atomic mass is 9.97. The number of nitrogens with one attached hydrogen (secondary N) is 1. The monoisotopic (exact) mass is 361 g/mol. The van der Waals surface area contributed by atoms with Gasteiger partial charge in [-0.3, -0.25) is 4.79 Å². The highest BCUT2D eigenvalue weighted by atomic mass is 16.5. The number of rotatable bonds is 7. The van der Waals surface area contributed by atoms with Crippen LogP contribution < -0.4 is 14.8 Å². The summed E-state index contributed by atoms with van der Waals surface area (Å²) < 4.78 is 10.8. The van der Waals surface area contributed by atoms with Crippen LogP contribution >= 0.6 is 0 Å². The quantitative estimate of drug-likeness (QED) is 0.592. The lowest BCUT2D eigenvalue weighted by Gasteiger charge is -2.14. The van der Waals surface area contributed by atoms with Crippen molar-refractivity contribution in [2.75, 3.05) is 19.0 Å². The van der Waals surface area contributed by atoms with E-state index in [2.05, 4.69) is 11.9 Å². The predicted octanol–water partition coefficient (Wildman–Crippen LogP) is 5.16. The Kier molecular flexibility index (Phi) is 5.77. The van der Waals surface area contributed by atoms with E-state index >= 15 is 0 Å². The van der Waals surface area contributed by atoms with Gasteiger partial charge < -0.3 is 14.8 Å². The molecule has 0 saturated carbocycles. The summed E-state index contributed by atoms with van der Waals surface area (Å²) in [5.74, 6) is 1.16. The highest BCUT2D eigenvalue weighted by Gasteiger charge is 2.16. The molecule has 4 nitrogen and oxygen atoms in total. The second-order valence-electron chi connectivity index (χ2n) is 6.31. The molecule has 0 spiro atoms. The van der Waals surface area contributed by atoms with Crippen LogP contribution in [0.1, 0.15) is 18.4 Å². The van der Waals surface area contributed by atoms with Gasteiger partial charge in [0.25, 0.3) is 0 Å². The Morgan fingerprint density at radius 1 is 1.07 bits per heavy atom. The standard InChI is InChI=1S/C23H23NO3/c1-4-12-27-22-7-5-6-20(15-22)24-23(25)16(2)17-8-9-19-14-21(26-3)11-10-18(19)13-17/h4-11,13-16H,1,12H2,2-3H3,(H,24,25)/t16-/m0/s1. The number of hydrogen-bond donors (Lipinski definition) is 1. The van der Waals surface area contributed by atoms with Gasteiger partial charge in [0.2, 0.25) is 5.91 Å². The van der Waals surface area contributed by atoms with Gasteiger partial charge in [0.05, 0.1) is 13.0 Å². The largest absolute Gasteiger partial charge is 0.497 e. The molecule has 3 aromatic rings. The molecule has 0 unspecified atom stereocenters. The minimum Gasteiger partial charge on any atom is -0.497 e. The van der Waals surface area contributed by atoms with Crippen molar-refractivity contribution in [2.45, 2.75) is 12.8 Å². The maximum absolute atomic E-state index is 12.7. The first-order valence-corrected chi connectivity index (χ1v) is 8.83. The minimum atomic E-state index is -0.283. The number of benzene rings is 3. The highest BCUT2D eigenvalue weighted by Crippen LogP contribution is 2.26. The molecule has 1 amide bonds. The third-order valence-corrected chi connectivity index (χ3v) is 4.43. The highest BCUT2D eigenvalue weighted by molar-refractivity contribution is 5.96. The molecule has 0 aliphatic carbocycles. The van der Waals surface area contributed by atoms with Gasteiger partial charge in [-0.2, -0.15) is 0 Å². The van der Waals surface area contributed by atoms with Crippen LogP contribution in [0.5, 0.6) is 11.5 Å². The molecular weight excluding hydrogens is 338 g/mol. The maximum atomic E-state index is 12.7. The fourth-order valence-corrected chi connectivity index (χ4v) is 2.86. The minimum absolute atomic E-state index is 0.0660. The van der Waals surface area contributed by atoms with E-state index in [0.29, 0.717) is 18.0 Å². The van der Waals surface area contributed by atoms with E-state index in [9.17, 15) is 4.79 Å². The molecule has 0 heterocycles. The van der Waals surface area contributed by atoms with Crippen molar-refractivity contribution in [1.29, 1.82) is 0 Å². The topological polar surface area (TPSA) is 47.6 Å². The number of hydrogen-bond acceptors (Lipinski definition) is 3. The van der Waals surface area contributed by atoms with Crippen molar-refractivity contribution in [3.05, 3.63) is 78.9 Å². The van der Waals surface area contributed by atoms with Crippen LogP contribution in [0.4, 0.5) is 5.69 Å². The first kappa shape index (κ1) is 18.5. The summed E-state index contributed by atoms with van der Waals surface area (Å²) >= 11 is 0. The van der Waals surface area contributed by atoms with Crippen LogP contribution in [-0.2, 0) is 4.79 Å². The van der Waals surface area contributed by atoms with Crippen LogP contribution in [0.15, 0.2) is 73.3 Å². The molecule has 1 N–H and O–H groups in total. The predicted molar refractivity (Wildman–Crippen MR) is 110 cm³/mol. The van der Waals surface area contributed by atoms with Crippen LogP contribution in [0.3, 0.4) is 0 Å². The fourth-order valence-electron chi connectivity index (χ4n) is 2.86. The SMILES string of the molecule is C=CCOc1cccc(NC(=O)[C@@H](C)c2ccc3cc(OC)ccc3c2)c1. The Hall–Kier alpha value is -3.27. The zero-order valence-electron chi connectivity index (χ0n) is 15.6. The summed E-state index contributed by atoms with van der Waals surface area (Å²) in [6.07, 6.45) is 1.68. The van der Waals surface area contributed by atoms with Crippen LogP contribution in [0.25, 0.3) is 10.8 Å². The van der Waals surface area contributed by atoms with Crippen LogP contribution in [0, 0.1) is 0 Å². The van der Waals surface area contributed by atoms with Crippen molar-refractivity contribution >= 4 is 22.4 Å². The number of anilines is 1. The third kappa shape index (κ3) is 4.47. The normalized spacial score (nSPS) is 11.6. The molecule has 4 heteroatoms. The second kappa shape index (κ2) is 8.41. The molecule has 0 aromatic heterocycles. The van der Waals surface area contributed by atoms with E-state index in [-0.39, 0.29) is 11.8 Å². The molecule has 27 heavy (non-hydrogen) atoms. The Morgan fingerprint density at radius 2 is 1.85 bits per heavy atom. The second-order valence-corrected chi connectivity index (χ2v) is 6.31. The number of fused-ring (bicyclic) bond motifs is 1. The Bertz CT molecular complexity index is 965. The van der Waals surface area contributed by atoms with E-state index < -0.39 is 0 Å². The van der Waals surface area contributed by atoms with Gasteiger partial charge in [0.15, 0.2) is 0 Å². The first-order valence-electron chi connectivity index (χ1n) is 8.83. The molecule has 0 radical (unpaired) electrons. The number of amides is 1. The smallest absolute Gasteiger partial charge is 0.231 e. The zero-order chi connectivity index (χ0) is 19.2. The van der Waals surface area contributed by atoms with E-state index in [4.69, 9.17) is 9.47 Å². The van der Waals surface area contributed by atoms with E-state index in [0.717, 1.165) is 22.1 Å². The van der Waals surface area contributed by atoms with Gasteiger partial charge in [-0.1, -0.05) is 43.0 Å². The van der Waals surface area contributed by atoms with E-state index in [1.807, 2.05) is 61.5 Å². The van der Waals surface area contributed by atoms with Crippen molar-refractivity contribution < 1.29 is 14.3 Å². The summed E-state index contributed by atoms with van der Waals surface area (Å²) in [4.78, 5) is 12.7. The van der Waals surface area contributed by atoms with Crippen LogP contribution in [-0.4, -0.2) is 19.6 Å². The summed E-state index contributed by atoms with van der Waals surface area (Å²) in [6, 6.07) is 19.3. The zero-order valence-corrected chi connectivity index (χ0v) is 15.6. The Morgan fingerprint density at radius 3 is 2.63 bits per heavy atom. The summed E-state index contributed by atoms with van der Waals surface area (Å²) in [7, 11) is 1.65. The van der Waals surface area contributed by atoms with Crippen LogP contribution in [0.2, 0.25) is 0 Å². The summed E-state index contributed by atoms with van der Waals surface area (Å²) in [5, 5.41) is 5.12. The van der Waals surface area contributed by atoms with E-state index in [1.54, 1.807) is 19.3 Å². The molecule has 0 aliphatic heterocycles. The van der Waals surface area contributed by atoms with Crippen molar-refractivity contribution in [3.63, 3.8) is 0 Å². The average molecular weight is 361 g/mol. The number of carbonyl (C=O) groups excluding carboxylic acids is 1. The lowest BCUT2D eigenvalue weighted by Crippen LogP contribution is -2.18. The molecule has 0 aliphatic rings. The molecule has 0 fully saturated rings. The molecule has 0 bridgehead atoms. The first-order chi connectivity index (χ1) is 13.1. The summed E-state index contributed by atoms with van der Waals surface area (Å²) in [6.45, 7) is 5.96. The van der Waals surface area contributed by atoms with Crippen molar-refractivity contribution in [1.82, 2.24) is 0 Å². The van der Waals surface area contributed by atoms with Gasteiger partial charge >= 0.3 is 0 Å². The van der Waals surface area contributed by atoms with Gasteiger partial charge in [-0.05, 0) is 47.5 Å². The van der Waals surface area contributed by atoms with E-state index in [1.165, 1.54) is 0 Å². The number of carbonyl (C=O) groups is 1. The van der Waals surface area contributed by atoms with Gasteiger partial charge in [-0.25, -0.2) is 0 Å². The Balaban J connectivity index is 1.75. The number of ether oxygens (including phenoxy) is 2. The summed E-state index contributed by atoms with van der Waals surface area (Å²) in [5.41, 5.74) is 1.67. The van der Waals surface area contributed by atoms with Gasteiger partial charge in [-0.15, -0.1) is 0 Å². The number of methoxy groups -OCH3 is 1. The van der Waals surface area contributed by atoms with Gasteiger partial charge in [0, 0.05) is 11.8 Å². The average Bonchev–Trinajstić information content (AvgIpc) is 2.71. The lowest BCUT2D eigenvalue weighted by molar-refractivity contribution is -0.117. The molecule has 3 rings (SSSR count). The Labute approximate surface area is 159 Å². The molecule has 1 atom stereocenters. The van der Waals surface area contributed by atoms with Gasteiger partial charge in [0.1, 0.15) is 18.1 Å². The molecule has 138 valence electrons. The van der Waals surface area contributed by atoms with Crippen molar-refractivity contribution in [2.24, 2.45) is 0 Å². The fraction of sp³-hybridized carbons (Fsp3) is 0.174. The third-order valence-electron chi connectivity index (χ3n) is 4.43. The molecule has 3 aromatic carbocycles. The molecule has 0 saturated heterocycles. The van der Waals surface area contributed by atoms with Crippen molar-refractivity contribution in [3.8, 4) is 11.5 Å². The maximum Gasteiger partial charge on any atom is 0.231 e. The molecular formula is C23H23NO3.